The lowest BCUT2D eigenvalue weighted by atomic mass is 9.93. The van der Waals surface area contributed by atoms with E-state index in [0.29, 0.717) is 0 Å². The van der Waals surface area contributed by atoms with Gasteiger partial charge in [-0.15, -0.1) is 0 Å². The molecule has 4 saturated heterocycles. The zero-order valence-electron chi connectivity index (χ0n) is 27.4. The van der Waals surface area contributed by atoms with Gasteiger partial charge in [-0.2, -0.15) is 0 Å². The highest BCUT2D eigenvalue weighted by molar-refractivity contribution is 5.73. The van der Waals surface area contributed by atoms with Crippen LogP contribution in [0.3, 0.4) is 0 Å². The molecular weight excluding hydrogens is 700 g/mol. The molecular formula is C28H48N2O21. The summed E-state index contributed by atoms with van der Waals surface area (Å²) in [5, 5.41) is 129. The Labute approximate surface area is 289 Å². The first-order chi connectivity index (χ1) is 24.1. The quantitative estimate of drug-likeness (QED) is 0.0881. The summed E-state index contributed by atoms with van der Waals surface area (Å²) in [7, 11) is 0. The second-order valence-corrected chi connectivity index (χ2v) is 12.6. The number of hydrogen-bond acceptors (Lipinski definition) is 21. The molecule has 4 aliphatic rings. The van der Waals surface area contributed by atoms with Crippen molar-refractivity contribution in [2.24, 2.45) is 0 Å². The molecule has 0 spiro atoms. The van der Waals surface area contributed by atoms with Crippen molar-refractivity contribution >= 4 is 11.8 Å². The van der Waals surface area contributed by atoms with Crippen LogP contribution in [0.5, 0.6) is 0 Å². The standard InChI is InChI=1S/C28H48N2O21/c1-7(35)29-13-18(40)15(37)9(3-31)46-26(13)50-23-14(30-8(2)36)27(47-10(4-32)16(23)38)51-24-17(39)11(5-33)48-28(21(24)43)49-22-12(6-34)45-25(44)20(42)19(22)41/h9-28,31-34,37-44H,3-6H2,1-2H3,(H,29,35)(H,30,36)/t9-,10-,11-,12-,13-,14-,15+,16+,17+,18-,19-,20-,21-,22-,23-,24+,25-,26-,27+,28+/m1/s1. The van der Waals surface area contributed by atoms with Crippen molar-refractivity contribution in [2.75, 3.05) is 26.4 Å². The van der Waals surface area contributed by atoms with Crippen molar-refractivity contribution in [2.45, 2.75) is 137 Å². The molecule has 4 heterocycles. The SMILES string of the molecule is CC(=O)N[C@H]1[C@@H](O[C@H]2[C@@H](O)[C@@H](CO)O[C@@H](O[C@H]3[C@@H](O)[C@@H](CO)O[C@@H](O[C@H]4[C@H](O)[C@@H](O)[C@H](O)O[C@@H]4CO)[C@@H]3O)[C@@H]2NC(C)=O)O[C@H](CO)[C@H](O)[C@@H]1O. The minimum atomic E-state index is -2.05. The zero-order chi connectivity index (χ0) is 37.9. The van der Waals surface area contributed by atoms with Crippen LogP contribution >= 0.6 is 0 Å². The van der Waals surface area contributed by atoms with Gasteiger partial charge < -0.3 is 105 Å². The molecule has 20 atom stereocenters. The fraction of sp³-hybridized carbons (Fsp3) is 0.929. The maximum atomic E-state index is 12.4. The molecule has 0 bridgehead atoms. The monoisotopic (exact) mass is 748 g/mol. The molecule has 296 valence electrons. The lowest BCUT2D eigenvalue weighted by Crippen LogP contribution is -2.71. The Morgan fingerprint density at radius 3 is 1.43 bits per heavy atom. The molecule has 0 aromatic carbocycles. The van der Waals surface area contributed by atoms with Crippen LogP contribution < -0.4 is 10.6 Å². The highest BCUT2D eigenvalue weighted by Gasteiger charge is 2.56. The van der Waals surface area contributed by atoms with E-state index < -0.39 is 161 Å². The summed E-state index contributed by atoms with van der Waals surface area (Å²) in [5.74, 6) is -1.47. The maximum absolute atomic E-state index is 12.4. The smallest absolute Gasteiger partial charge is 0.217 e. The fourth-order valence-electron chi connectivity index (χ4n) is 6.35. The van der Waals surface area contributed by atoms with Crippen LogP contribution in [0.1, 0.15) is 13.8 Å². The van der Waals surface area contributed by atoms with E-state index in [2.05, 4.69) is 10.6 Å². The van der Waals surface area contributed by atoms with Gasteiger partial charge in [-0.1, -0.05) is 0 Å². The molecule has 4 aliphatic heterocycles. The van der Waals surface area contributed by atoms with Gasteiger partial charge in [-0.3, -0.25) is 9.59 Å². The number of rotatable bonds is 12. The van der Waals surface area contributed by atoms with E-state index in [1.165, 1.54) is 0 Å². The van der Waals surface area contributed by atoms with Gasteiger partial charge in [0.1, 0.15) is 97.5 Å². The third-order valence-corrected chi connectivity index (χ3v) is 9.01. The number of ether oxygens (including phenoxy) is 7. The first kappa shape index (κ1) is 41.9. The summed E-state index contributed by atoms with van der Waals surface area (Å²) in [6.45, 7) is -1.34. The number of aliphatic hydroxyl groups excluding tert-OH is 12. The molecule has 51 heavy (non-hydrogen) atoms. The van der Waals surface area contributed by atoms with Gasteiger partial charge in [-0.25, -0.2) is 0 Å². The van der Waals surface area contributed by atoms with E-state index in [9.17, 15) is 70.9 Å². The molecule has 0 saturated carbocycles. The van der Waals surface area contributed by atoms with Crippen molar-refractivity contribution < 1.29 is 104 Å². The number of hydrogen-bond donors (Lipinski definition) is 14. The Balaban J connectivity index is 1.64. The van der Waals surface area contributed by atoms with Crippen LogP contribution in [0.2, 0.25) is 0 Å². The van der Waals surface area contributed by atoms with Crippen molar-refractivity contribution in [1.29, 1.82) is 0 Å². The molecule has 0 unspecified atom stereocenters. The van der Waals surface area contributed by atoms with Crippen molar-refractivity contribution in [3.05, 3.63) is 0 Å². The molecule has 4 fully saturated rings. The minimum Gasteiger partial charge on any atom is -0.394 e. The summed E-state index contributed by atoms with van der Waals surface area (Å²) >= 11 is 0. The molecule has 4 rings (SSSR count). The Kier molecular flexibility index (Phi) is 14.8. The zero-order valence-corrected chi connectivity index (χ0v) is 27.4. The molecule has 2 amide bonds. The number of aliphatic hydroxyl groups is 12. The first-order valence-corrected chi connectivity index (χ1v) is 16.1. The third kappa shape index (κ3) is 9.11. The van der Waals surface area contributed by atoms with Crippen LogP contribution in [-0.2, 0) is 42.7 Å². The maximum Gasteiger partial charge on any atom is 0.217 e. The number of amides is 2. The van der Waals surface area contributed by atoms with Crippen molar-refractivity contribution in [3.63, 3.8) is 0 Å². The summed E-state index contributed by atoms with van der Waals surface area (Å²) in [6.07, 6.45) is -31.7. The van der Waals surface area contributed by atoms with E-state index in [0.717, 1.165) is 13.8 Å². The first-order valence-electron chi connectivity index (χ1n) is 16.1. The van der Waals surface area contributed by atoms with E-state index in [4.69, 9.17) is 33.2 Å². The average molecular weight is 749 g/mol. The van der Waals surface area contributed by atoms with Gasteiger partial charge in [-0.05, 0) is 0 Å². The van der Waals surface area contributed by atoms with E-state index in [1.54, 1.807) is 0 Å². The van der Waals surface area contributed by atoms with Crippen LogP contribution in [0.25, 0.3) is 0 Å². The number of carbonyl (C=O) groups is 2. The summed E-state index contributed by atoms with van der Waals surface area (Å²) < 4.78 is 39.3. The fourth-order valence-corrected chi connectivity index (χ4v) is 6.35. The topological polar surface area (TPSA) is 366 Å². The third-order valence-electron chi connectivity index (χ3n) is 9.01. The second kappa shape index (κ2) is 18.0. The van der Waals surface area contributed by atoms with Gasteiger partial charge in [0.2, 0.25) is 11.8 Å². The molecule has 23 heteroatoms. The van der Waals surface area contributed by atoms with Crippen molar-refractivity contribution in [3.8, 4) is 0 Å². The lowest BCUT2D eigenvalue weighted by molar-refractivity contribution is -0.377. The van der Waals surface area contributed by atoms with Gasteiger partial charge in [0, 0.05) is 13.8 Å². The Hall–Kier alpha value is -1.82. The average Bonchev–Trinajstić information content (AvgIpc) is 3.09. The highest BCUT2D eigenvalue weighted by Crippen LogP contribution is 2.34. The van der Waals surface area contributed by atoms with Gasteiger partial charge in [0.05, 0.1) is 26.4 Å². The number of nitrogens with one attached hydrogen (secondary N) is 2. The summed E-state index contributed by atoms with van der Waals surface area (Å²) in [4.78, 5) is 24.4. The van der Waals surface area contributed by atoms with Gasteiger partial charge >= 0.3 is 0 Å². The van der Waals surface area contributed by atoms with E-state index in [-0.39, 0.29) is 0 Å². The molecule has 0 radical (unpaired) electrons. The van der Waals surface area contributed by atoms with E-state index in [1.807, 2.05) is 0 Å². The lowest BCUT2D eigenvalue weighted by Gasteiger charge is -2.50. The van der Waals surface area contributed by atoms with Crippen LogP contribution in [0, 0.1) is 0 Å². The van der Waals surface area contributed by atoms with E-state index >= 15 is 0 Å². The Morgan fingerprint density at radius 2 is 0.902 bits per heavy atom. The normalized spacial score (nSPS) is 47.8. The Morgan fingerprint density at radius 1 is 0.471 bits per heavy atom. The predicted octanol–water partition coefficient (Wildman–Crippen LogP) is -9.46. The highest BCUT2D eigenvalue weighted by atomic mass is 16.8. The second-order valence-electron chi connectivity index (χ2n) is 12.6. The summed E-state index contributed by atoms with van der Waals surface area (Å²) in [6, 6.07) is -3.12. The summed E-state index contributed by atoms with van der Waals surface area (Å²) in [5.41, 5.74) is 0. The van der Waals surface area contributed by atoms with Crippen LogP contribution in [0.4, 0.5) is 0 Å². The molecule has 0 aliphatic carbocycles. The van der Waals surface area contributed by atoms with Gasteiger partial charge in [0.25, 0.3) is 0 Å². The molecule has 23 nitrogen and oxygen atoms in total. The Bertz CT molecular complexity index is 1140. The predicted molar refractivity (Wildman–Crippen MR) is 157 cm³/mol. The van der Waals surface area contributed by atoms with Crippen LogP contribution in [-0.4, -0.2) is 222 Å². The largest absolute Gasteiger partial charge is 0.394 e. The minimum absolute atomic E-state index is 0.702. The molecule has 0 aromatic rings. The number of carbonyl (C=O) groups excluding carboxylic acids is 2. The van der Waals surface area contributed by atoms with Crippen LogP contribution in [0.15, 0.2) is 0 Å². The molecule has 14 N–H and O–H groups in total. The van der Waals surface area contributed by atoms with Crippen molar-refractivity contribution in [1.82, 2.24) is 10.6 Å². The van der Waals surface area contributed by atoms with Gasteiger partial charge in [0.15, 0.2) is 25.2 Å². The molecule has 0 aromatic heterocycles.